The van der Waals surface area contributed by atoms with Crippen LogP contribution in [0.15, 0.2) is 79.9 Å². The molecule has 12 nitrogen and oxygen atoms in total. The van der Waals surface area contributed by atoms with Gasteiger partial charge >= 0.3 is 0 Å². The van der Waals surface area contributed by atoms with E-state index in [0.717, 1.165) is 16.3 Å². The number of hydrogen-bond acceptors (Lipinski definition) is 11. The maximum absolute atomic E-state index is 13.4. The number of anilines is 1. The standard InChI is InChI=1S/C26H26N6O6S3/c1-3-13-30(14-4-2)41(37,38)25-16-19(31(33)34)10-11-21(25)29-27-17-18-9-12-24(22(15-18)32(35)36)40-26-28-20-7-5-6-8-23(20)39-26/h5-12,15-17,29H,3-4,13-14H2,1-2H3/b27-17-. The van der Waals surface area contributed by atoms with E-state index in [1.165, 1.54) is 51.8 Å². The normalized spacial score (nSPS) is 11.9. The average Bonchev–Trinajstić information content (AvgIpc) is 3.36. The second-order valence-electron chi connectivity index (χ2n) is 8.75. The SMILES string of the molecule is CCCN(CCC)S(=O)(=O)c1cc([N+](=O)[O-])ccc1N/N=C\c1ccc(Sc2nc3ccccc3s2)c([N+](=O)[O-])c1. The molecule has 1 aromatic heterocycles. The zero-order valence-electron chi connectivity index (χ0n) is 22.1. The lowest BCUT2D eigenvalue weighted by Gasteiger charge is -2.22. The minimum atomic E-state index is -4.07. The van der Waals surface area contributed by atoms with Gasteiger partial charge in [0.15, 0.2) is 4.34 Å². The molecular weight excluding hydrogens is 589 g/mol. The number of para-hydroxylation sites is 1. The van der Waals surface area contributed by atoms with Crippen LogP contribution in [-0.2, 0) is 10.0 Å². The van der Waals surface area contributed by atoms with E-state index in [-0.39, 0.29) is 35.0 Å². The molecular formula is C26H26N6O6S3. The molecule has 4 rings (SSSR count). The van der Waals surface area contributed by atoms with Crippen LogP contribution in [0.4, 0.5) is 17.1 Å². The summed E-state index contributed by atoms with van der Waals surface area (Å²) < 4.78 is 29.8. The monoisotopic (exact) mass is 614 g/mol. The lowest BCUT2D eigenvalue weighted by Crippen LogP contribution is -2.33. The Labute approximate surface area is 244 Å². The van der Waals surface area contributed by atoms with Crippen molar-refractivity contribution < 1.29 is 18.3 Å². The van der Waals surface area contributed by atoms with Crippen LogP contribution in [-0.4, -0.2) is 46.9 Å². The van der Waals surface area contributed by atoms with Gasteiger partial charge in [0.1, 0.15) is 4.90 Å². The van der Waals surface area contributed by atoms with E-state index in [0.29, 0.717) is 27.6 Å². The Kier molecular flexibility index (Phi) is 9.65. The van der Waals surface area contributed by atoms with Crippen LogP contribution in [0.2, 0.25) is 0 Å². The summed E-state index contributed by atoms with van der Waals surface area (Å²) >= 11 is 2.64. The van der Waals surface area contributed by atoms with Gasteiger partial charge in [-0.1, -0.05) is 43.8 Å². The van der Waals surface area contributed by atoms with Crippen molar-refractivity contribution in [1.82, 2.24) is 9.29 Å². The largest absolute Gasteiger partial charge is 0.283 e. The lowest BCUT2D eigenvalue weighted by atomic mass is 10.2. The molecule has 0 saturated heterocycles. The number of fused-ring (bicyclic) bond motifs is 1. The van der Waals surface area contributed by atoms with E-state index in [9.17, 15) is 28.6 Å². The zero-order valence-corrected chi connectivity index (χ0v) is 24.5. The first-order valence-electron chi connectivity index (χ1n) is 12.5. The van der Waals surface area contributed by atoms with Crippen LogP contribution in [0, 0.1) is 20.2 Å². The average molecular weight is 615 g/mol. The molecule has 0 aliphatic carbocycles. The van der Waals surface area contributed by atoms with Crippen molar-refractivity contribution in [2.75, 3.05) is 18.5 Å². The first-order chi connectivity index (χ1) is 19.6. The lowest BCUT2D eigenvalue weighted by molar-refractivity contribution is -0.387. The summed E-state index contributed by atoms with van der Waals surface area (Å²) in [7, 11) is -4.07. The molecule has 0 amide bonds. The molecule has 0 unspecified atom stereocenters. The molecule has 0 aliphatic heterocycles. The van der Waals surface area contributed by atoms with Gasteiger partial charge in [-0.15, -0.1) is 11.3 Å². The van der Waals surface area contributed by atoms with Crippen LogP contribution >= 0.6 is 23.1 Å². The van der Waals surface area contributed by atoms with Crippen molar-refractivity contribution in [1.29, 1.82) is 0 Å². The molecule has 1 N–H and O–H groups in total. The highest BCUT2D eigenvalue weighted by Crippen LogP contribution is 2.39. The van der Waals surface area contributed by atoms with Gasteiger partial charge in [-0.05, 0) is 37.1 Å². The van der Waals surface area contributed by atoms with Crippen LogP contribution in [0.5, 0.6) is 0 Å². The number of hydrazone groups is 1. The number of nitrogens with one attached hydrogen (secondary N) is 1. The topological polar surface area (TPSA) is 161 Å². The molecule has 0 atom stereocenters. The Morgan fingerprint density at radius 1 is 1.02 bits per heavy atom. The highest BCUT2D eigenvalue weighted by molar-refractivity contribution is 8.01. The molecule has 0 saturated carbocycles. The smallest absolute Gasteiger partial charge is 0.277 e. The van der Waals surface area contributed by atoms with E-state index < -0.39 is 19.9 Å². The number of hydrogen-bond donors (Lipinski definition) is 1. The van der Waals surface area contributed by atoms with Crippen molar-refractivity contribution in [3.63, 3.8) is 0 Å². The Balaban J connectivity index is 1.60. The third-order valence-electron chi connectivity index (χ3n) is 5.79. The van der Waals surface area contributed by atoms with E-state index in [4.69, 9.17) is 0 Å². The molecule has 0 fully saturated rings. The fourth-order valence-electron chi connectivity index (χ4n) is 3.93. The van der Waals surface area contributed by atoms with Crippen molar-refractivity contribution in [2.45, 2.75) is 40.8 Å². The minimum absolute atomic E-state index is 0.0431. The molecule has 1 heterocycles. The molecule has 4 aromatic rings. The fraction of sp³-hybridized carbons (Fsp3) is 0.231. The van der Waals surface area contributed by atoms with Gasteiger partial charge in [0.05, 0.1) is 36.9 Å². The van der Waals surface area contributed by atoms with Crippen molar-refractivity contribution in [3.05, 3.63) is 86.5 Å². The van der Waals surface area contributed by atoms with Crippen LogP contribution in [0.1, 0.15) is 32.3 Å². The third kappa shape index (κ3) is 7.05. The molecule has 0 bridgehead atoms. The van der Waals surface area contributed by atoms with E-state index in [2.05, 4.69) is 15.5 Å². The predicted octanol–water partition coefficient (Wildman–Crippen LogP) is 6.52. The summed E-state index contributed by atoms with van der Waals surface area (Å²) in [5.41, 5.74) is 3.40. The van der Waals surface area contributed by atoms with E-state index in [1.807, 2.05) is 38.1 Å². The maximum Gasteiger partial charge on any atom is 0.283 e. The second-order valence-corrected chi connectivity index (χ2v) is 13.0. The van der Waals surface area contributed by atoms with Crippen LogP contribution in [0.3, 0.4) is 0 Å². The fourth-order valence-corrected chi connectivity index (χ4v) is 7.82. The molecule has 0 radical (unpaired) electrons. The van der Waals surface area contributed by atoms with Gasteiger partial charge in [-0.3, -0.25) is 25.7 Å². The van der Waals surface area contributed by atoms with Gasteiger partial charge < -0.3 is 0 Å². The van der Waals surface area contributed by atoms with Gasteiger partial charge in [0.25, 0.3) is 11.4 Å². The van der Waals surface area contributed by atoms with E-state index in [1.54, 1.807) is 12.1 Å². The quantitative estimate of drug-likeness (QED) is 0.100. The number of benzene rings is 3. The number of nitrogens with zero attached hydrogens (tertiary/aromatic N) is 5. The molecule has 0 aliphatic rings. The van der Waals surface area contributed by atoms with Gasteiger partial charge in [-0.25, -0.2) is 13.4 Å². The number of nitro benzene ring substituents is 2. The number of rotatable bonds is 13. The summed E-state index contributed by atoms with van der Waals surface area (Å²) in [5.74, 6) is 0. The summed E-state index contributed by atoms with van der Waals surface area (Å²) in [6, 6.07) is 15.7. The molecule has 41 heavy (non-hydrogen) atoms. The van der Waals surface area contributed by atoms with Crippen molar-refractivity contribution in [2.24, 2.45) is 5.10 Å². The molecule has 0 spiro atoms. The molecule has 15 heteroatoms. The highest BCUT2D eigenvalue weighted by atomic mass is 32.2. The van der Waals surface area contributed by atoms with E-state index >= 15 is 0 Å². The number of aromatic nitrogens is 1. The highest BCUT2D eigenvalue weighted by Gasteiger charge is 2.28. The Morgan fingerprint density at radius 3 is 2.41 bits per heavy atom. The number of non-ortho nitro benzene ring substituents is 1. The Morgan fingerprint density at radius 2 is 1.76 bits per heavy atom. The van der Waals surface area contributed by atoms with Crippen LogP contribution in [0.25, 0.3) is 10.2 Å². The van der Waals surface area contributed by atoms with Crippen molar-refractivity contribution in [3.8, 4) is 0 Å². The summed E-state index contributed by atoms with van der Waals surface area (Å²) in [4.78, 5) is 26.7. The molecule has 3 aromatic carbocycles. The summed E-state index contributed by atoms with van der Waals surface area (Å²) in [6.07, 6.45) is 2.45. The van der Waals surface area contributed by atoms with Gasteiger partial charge in [0.2, 0.25) is 10.0 Å². The first kappa shape index (κ1) is 30.0. The third-order valence-corrected chi connectivity index (χ3v) is 9.89. The zero-order chi connectivity index (χ0) is 29.6. The van der Waals surface area contributed by atoms with Gasteiger partial charge in [-0.2, -0.15) is 9.41 Å². The predicted molar refractivity (Wildman–Crippen MR) is 160 cm³/mol. The first-order valence-corrected chi connectivity index (χ1v) is 15.6. The molecule has 214 valence electrons. The number of nitro groups is 2. The minimum Gasteiger partial charge on any atom is -0.277 e. The Hall–Kier alpha value is -3.92. The van der Waals surface area contributed by atoms with Gasteiger partial charge in [0, 0.05) is 36.9 Å². The summed E-state index contributed by atoms with van der Waals surface area (Å²) in [5, 5.41) is 27.3. The second kappa shape index (κ2) is 13.2. The number of sulfonamides is 1. The Bertz CT molecular complexity index is 1680. The van der Waals surface area contributed by atoms with Crippen LogP contribution < -0.4 is 5.43 Å². The number of thiazole rings is 1. The van der Waals surface area contributed by atoms with Crippen molar-refractivity contribution >= 4 is 66.6 Å². The summed E-state index contributed by atoms with van der Waals surface area (Å²) in [6.45, 7) is 4.20. The maximum atomic E-state index is 13.4.